The Bertz CT molecular complexity index is 2160. The highest BCUT2D eigenvalue weighted by molar-refractivity contribution is 7.92. The normalized spacial score (nSPS) is 14.5. The third-order valence-electron chi connectivity index (χ3n) is 11.4. The summed E-state index contributed by atoms with van der Waals surface area (Å²) in [4.78, 5) is 41.9. The zero-order valence-electron chi connectivity index (χ0n) is 38.5. The van der Waals surface area contributed by atoms with E-state index < -0.39 is 52.0 Å². The van der Waals surface area contributed by atoms with Crippen molar-refractivity contribution in [1.82, 2.24) is 16.0 Å². The molecule has 0 spiro atoms. The molecule has 6 atom stereocenters. The summed E-state index contributed by atoms with van der Waals surface area (Å²) >= 11 is 0. The van der Waals surface area contributed by atoms with Crippen LogP contribution in [0.5, 0.6) is 0 Å². The average molecular weight is 901 g/mol. The number of carbonyl (C=O) groups excluding carboxylic acids is 3. The highest BCUT2D eigenvalue weighted by Crippen LogP contribution is 2.34. The molecule has 0 radical (unpaired) electrons. The fourth-order valence-electron chi connectivity index (χ4n) is 7.31. The van der Waals surface area contributed by atoms with Gasteiger partial charge in [0.2, 0.25) is 21.8 Å². The van der Waals surface area contributed by atoms with Crippen molar-refractivity contribution in [2.24, 2.45) is 17.8 Å². The van der Waals surface area contributed by atoms with E-state index in [-0.39, 0.29) is 61.2 Å². The van der Waals surface area contributed by atoms with Crippen molar-refractivity contribution < 1.29 is 42.1 Å². The summed E-state index contributed by atoms with van der Waals surface area (Å²) < 4.78 is 44.6. The minimum absolute atomic E-state index is 0.0363. The number of hydrogen-bond donors (Lipinski definition) is 4. The summed E-state index contributed by atoms with van der Waals surface area (Å²) in [6.07, 6.45) is -0.294. The average Bonchev–Trinajstić information content (AvgIpc) is 3.28. The molecule has 13 nitrogen and oxygen atoms in total. The Morgan fingerprint density at radius 1 is 0.734 bits per heavy atom. The fourth-order valence-corrected chi connectivity index (χ4v) is 7.80. The highest BCUT2D eigenvalue weighted by Gasteiger charge is 2.34. The van der Waals surface area contributed by atoms with Gasteiger partial charge in [-0.25, -0.2) is 8.42 Å². The van der Waals surface area contributed by atoms with Gasteiger partial charge in [-0.15, -0.1) is 0 Å². The molecule has 0 heterocycles. The Hall–Kier alpha value is -5.12. The minimum Gasteiger partial charge on any atom is -0.391 e. The molecule has 0 bridgehead atoms. The molecule has 0 aliphatic rings. The monoisotopic (exact) mass is 900 g/mol. The van der Waals surface area contributed by atoms with Crippen molar-refractivity contribution in [2.45, 2.75) is 90.8 Å². The number of benzene rings is 4. The lowest BCUT2D eigenvalue weighted by molar-refractivity contribution is -0.134. The van der Waals surface area contributed by atoms with Gasteiger partial charge in [0.05, 0.1) is 56.6 Å². The molecule has 0 aliphatic carbocycles. The van der Waals surface area contributed by atoms with Crippen molar-refractivity contribution in [3.05, 3.63) is 137 Å². The molecule has 64 heavy (non-hydrogen) atoms. The Labute approximate surface area is 380 Å². The molecular formula is C50H68N4O9S. The molecule has 0 aromatic heterocycles. The summed E-state index contributed by atoms with van der Waals surface area (Å²) in [5, 5.41) is 20.8. The third kappa shape index (κ3) is 16.1. The van der Waals surface area contributed by atoms with Crippen molar-refractivity contribution in [1.29, 1.82) is 0 Å². The van der Waals surface area contributed by atoms with Crippen molar-refractivity contribution >= 4 is 33.4 Å². The number of methoxy groups -OCH3 is 1. The number of hydrogen-bond acceptors (Lipinski definition) is 9. The van der Waals surface area contributed by atoms with E-state index in [1.165, 1.54) is 13.1 Å². The molecule has 2 unspecified atom stereocenters. The van der Waals surface area contributed by atoms with E-state index >= 15 is 0 Å². The topological polar surface area (TPSA) is 173 Å². The van der Waals surface area contributed by atoms with Gasteiger partial charge in [-0.2, -0.15) is 0 Å². The van der Waals surface area contributed by atoms with Gasteiger partial charge in [0, 0.05) is 32.2 Å². The number of amides is 3. The molecule has 0 saturated heterocycles. The summed E-state index contributed by atoms with van der Waals surface area (Å²) in [6, 6.07) is 32.0. The van der Waals surface area contributed by atoms with Crippen LogP contribution in [-0.2, 0) is 47.0 Å². The lowest BCUT2D eigenvalue weighted by Crippen LogP contribution is -2.53. The quantitative estimate of drug-likeness (QED) is 0.0496. The van der Waals surface area contributed by atoms with E-state index in [2.05, 4.69) is 22.9 Å². The van der Waals surface area contributed by atoms with Gasteiger partial charge in [0.15, 0.2) is 0 Å². The summed E-state index contributed by atoms with van der Waals surface area (Å²) in [6.45, 7) is 10.5. The molecule has 348 valence electrons. The highest BCUT2D eigenvalue weighted by atomic mass is 32.2. The standard InChI is InChI=1S/C50H68N4O9S/c1-34(2)43(49(57)53-47(35(3)4)50(58)51-31-37-18-12-9-13-19-37)30-45(55)44(33-62-32-38-20-14-10-15-21-38)52-48(56)41-27-40(28-42(29-41)54(6)64(8,59)60)46(63-25-24-61-7)26-36(5)39-22-16-11-17-23-39/h9-23,27-29,34-36,43-47,55H,24-26,30-33H2,1-8H3,(H,51,58)(H,52,56)(H,53,57)/t36-,43?,44-,45-,46?,47-/m0/s1. The predicted molar refractivity (Wildman–Crippen MR) is 251 cm³/mol. The van der Waals surface area contributed by atoms with Crippen LogP contribution >= 0.6 is 0 Å². The number of ether oxygens (including phenoxy) is 3. The van der Waals surface area contributed by atoms with Crippen LogP contribution in [0.4, 0.5) is 5.69 Å². The van der Waals surface area contributed by atoms with Gasteiger partial charge in [-0.1, -0.05) is 126 Å². The number of nitrogens with zero attached hydrogens (tertiary/aromatic N) is 1. The summed E-state index contributed by atoms with van der Waals surface area (Å²) in [5.74, 6) is -2.51. The first-order valence-electron chi connectivity index (χ1n) is 21.9. The van der Waals surface area contributed by atoms with Crippen LogP contribution in [0.15, 0.2) is 109 Å². The summed E-state index contributed by atoms with van der Waals surface area (Å²) in [5.41, 5.74) is 3.87. The number of sulfonamides is 1. The fraction of sp³-hybridized carbons (Fsp3) is 0.460. The smallest absolute Gasteiger partial charge is 0.251 e. The molecule has 0 fully saturated rings. The molecular weight excluding hydrogens is 833 g/mol. The van der Waals surface area contributed by atoms with Gasteiger partial charge < -0.3 is 35.3 Å². The second kappa shape index (κ2) is 25.4. The Morgan fingerprint density at radius 3 is 1.92 bits per heavy atom. The minimum atomic E-state index is -3.75. The molecule has 4 aromatic carbocycles. The molecule has 0 saturated carbocycles. The predicted octanol–water partition coefficient (Wildman–Crippen LogP) is 6.78. The van der Waals surface area contributed by atoms with Crippen LogP contribution in [0.2, 0.25) is 0 Å². The number of anilines is 1. The van der Waals surface area contributed by atoms with E-state index in [0.29, 0.717) is 25.1 Å². The van der Waals surface area contributed by atoms with Crippen LogP contribution in [-0.4, -0.2) is 89.7 Å². The maximum Gasteiger partial charge on any atom is 0.251 e. The maximum atomic E-state index is 14.5. The Kier molecular flexibility index (Phi) is 20.4. The SMILES string of the molecule is COCCOC(C[C@H](C)c1ccccc1)c1cc(C(=O)N[C@@H](COCc2ccccc2)[C@@H](O)CC(C(=O)N[C@H](C(=O)NCc2ccccc2)C(C)C)C(C)C)cc(N(C)S(C)(=O)=O)c1. The first kappa shape index (κ1) is 51.5. The molecule has 4 rings (SSSR count). The van der Waals surface area contributed by atoms with Gasteiger partial charge in [-0.3, -0.25) is 18.7 Å². The second-order valence-electron chi connectivity index (χ2n) is 17.1. The number of nitrogens with one attached hydrogen (secondary N) is 3. The zero-order valence-corrected chi connectivity index (χ0v) is 39.3. The first-order chi connectivity index (χ1) is 30.5. The Balaban J connectivity index is 1.64. The third-order valence-corrected chi connectivity index (χ3v) is 12.6. The van der Waals surface area contributed by atoms with E-state index in [4.69, 9.17) is 14.2 Å². The van der Waals surface area contributed by atoms with Crippen LogP contribution in [0.3, 0.4) is 0 Å². The molecule has 3 amide bonds. The van der Waals surface area contributed by atoms with Crippen molar-refractivity contribution in [3.63, 3.8) is 0 Å². The number of aliphatic hydroxyl groups is 1. The molecule has 4 aromatic rings. The number of carbonyl (C=O) groups is 3. The summed E-state index contributed by atoms with van der Waals surface area (Å²) in [7, 11) is -0.755. The van der Waals surface area contributed by atoms with E-state index in [0.717, 1.165) is 27.3 Å². The van der Waals surface area contributed by atoms with E-state index in [1.54, 1.807) is 19.2 Å². The van der Waals surface area contributed by atoms with E-state index in [9.17, 15) is 27.9 Å². The van der Waals surface area contributed by atoms with Crippen LogP contribution in [0.1, 0.15) is 92.1 Å². The number of aliphatic hydroxyl groups excluding tert-OH is 1. The van der Waals surface area contributed by atoms with Crippen LogP contribution < -0.4 is 20.3 Å². The van der Waals surface area contributed by atoms with Crippen LogP contribution in [0.25, 0.3) is 0 Å². The van der Waals surface area contributed by atoms with Crippen molar-refractivity contribution in [2.75, 3.05) is 44.5 Å². The first-order valence-corrected chi connectivity index (χ1v) is 23.8. The lowest BCUT2D eigenvalue weighted by atomic mass is 9.86. The van der Waals surface area contributed by atoms with Gasteiger partial charge in [0.25, 0.3) is 5.91 Å². The second-order valence-corrected chi connectivity index (χ2v) is 19.1. The zero-order chi connectivity index (χ0) is 46.8. The van der Waals surface area contributed by atoms with E-state index in [1.807, 2.05) is 119 Å². The van der Waals surface area contributed by atoms with Gasteiger partial charge in [0.1, 0.15) is 6.04 Å². The largest absolute Gasteiger partial charge is 0.391 e. The maximum absolute atomic E-state index is 14.5. The van der Waals surface area contributed by atoms with Crippen molar-refractivity contribution in [3.8, 4) is 0 Å². The number of rotatable bonds is 26. The lowest BCUT2D eigenvalue weighted by Gasteiger charge is -2.31. The van der Waals surface area contributed by atoms with Gasteiger partial charge in [-0.05, 0) is 71.0 Å². The molecule has 0 aliphatic heterocycles. The van der Waals surface area contributed by atoms with Crippen LogP contribution in [0, 0.1) is 17.8 Å². The molecule has 14 heteroatoms. The molecule has 4 N–H and O–H groups in total. The Morgan fingerprint density at radius 2 is 1.34 bits per heavy atom. The van der Waals surface area contributed by atoms with Gasteiger partial charge >= 0.3 is 0 Å².